The minimum absolute atomic E-state index is 0.176. The molecule has 0 N–H and O–H groups in total. The fraction of sp³-hybridized carbons (Fsp3) is 0.520. The minimum Gasteiger partial charge on any atom is -0.489 e. The van der Waals surface area contributed by atoms with Gasteiger partial charge in [0, 0.05) is 11.5 Å². The van der Waals surface area contributed by atoms with Gasteiger partial charge in [0.05, 0.1) is 0 Å². The molecule has 0 radical (unpaired) electrons. The molecule has 2 fully saturated rings. The fourth-order valence-corrected chi connectivity index (χ4v) is 5.31. The van der Waals surface area contributed by atoms with Crippen LogP contribution in [-0.2, 0) is 0 Å². The summed E-state index contributed by atoms with van der Waals surface area (Å²) in [6.45, 7) is 4.83. The highest BCUT2D eigenvalue weighted by Crippen LogP contribution is 2.47. The number of fused-ring (bicyclic) bond motifs is 2. The molecule has 0 aromatic heterocycles. The van der Waals surface area contributed by atoms with Crippen LogP contribution in [0.25, 0.3) is 10.8 Å². The van der Waals surface area contributed by atoms with Crippen LogP contribution in [0, 0.1) is 23.6 Å². The van der Waals surface area contributed by atoms with Crippen molar-refractivity contribution < 1.29 is 9.13 Å². The summed E-state index contributed by atoms with van der Waals surface area (Å²) in [5.41, 5.74) is 1.32. The van der Waals surface area contributed by atoms with Gasteiger partial charge in [0.1, 0.15) is 18.2 Å². The van der Waals surface area contributed by atoms with Gasteiger partial charge < -0.3 is 4.74 Å². The molecule has 2 aliphatic rings. The number of benzene rings is 2. The molecule has 4 unspecified atom stereocenters. The third kappa shape index (κ3) is 4.05. The van der Waals surface area contributed by atoms with E-state index in [1.807, 2.05) is 25.1 Å². The number of rotatable bonds is 4. The Morgan fingerprint density at radius 2 is 1.85 bits per heavy atom. The van der Waals surface area contributed by atoms with E-state index in [-0.39, 0.29) is 5.82 Å². The van der Waals surface area contributed by atoms with Crippen LogP contribution < -0.4 is 4.74 Å². The molecule has 0 bridgehead atoms. The van der Waals surface area contributed by atoms with E-state index in [9.17, 15) is 4.39 Å². The quantitative estimate of drug-likeness (QED) is 0.518. The third-order valence-corrected chi connectivity index (χ3v) is 6.83. The molecule has 4 rings (SSSR count). The van der Waals surface area contributed by atoms with Crippen LogP contribution in [0.1, 0.15) is 63.9 Å². The van der Waals surface area contributed by atoms with E-state index in [0.717, 1.165) is 28.5 Å². The van der Waals surface area contributed by atoms with Gasteiger partial charge >= 0.3 is 0 Å². The Hall–Kier alpha value is -1.83. The number of ether oxygens (including phenoxy) is 1. The van der Waals surface area contributed by atoms with Crippen molar-refractivity contribution in [1.29, 1.82) is 0 Å². The number of hydrogen-bond donors (Lipinski definition) is 0. The largest absolute Gasteiger partial charge is 0.489 e. The van der Waals surface area contributed by atoms with Crippen molar-refractivity contribution in [3.8, 4) is 5.75 Å². The summed E-state index contributed by atoms with van der Waals surface area (Å²) in [5, 5.41) is 1.65. The standard InChI is InChI=1S/C25H31FO/c1-3-4-11-27-23-14-22-10-9-21(15-24(22)25(26)16-23)20-8-7-18-12-17(2)5-6-19(18)13-20/h3-4,9-10,14-20H,5-8,11-13H2,1-2H3. The summed E-state index contributed by atoms with van der Waals surface area (Å²) in [7, 11) is 0. The van der Waals surface area contributed by atoms with Crippen LogP contribution in [0.3, 0.4) is 0 Å². The molecule has 2 aliphatic carbocycles. The first-order valence-electron chi connectivity index (χ1n) is 10.6. The van der Waals surface area contributed by atoms with Gasteiger partial charge in [0.25, 0.3) is 0 Å². The van der Waals surface area contributed by atoms with Gasteiger partial charge in [-0.2, -0.15) is 0 Å². The maximum Gasteiger partial charge on any atom is 0.134 e. The molecular formula is C25H31FO. The summed E-state index contributed by atoms with van der Waals surface area (Å²) in [5.74, 6) is 3.73. The van der Waals surface area contributed by atoms with Crippen LogP contribution in [-0.4, -0.2) is 6.61 Å². The maximum atomic E-state index is 14.7. The van der Waals surface area contributed by atoms with Gasteiger partial charge in [0.2, 0.25) is 0 Å². The number of allylic oxidation sites excluding steroid dienone is 1. The van der Waals surface area contributed by atoms with Crippen molar-refractivity contribution >= 4 is 10.8 Å². The third-order valence-electron chi connectivity index (χ3n) is 6.83. The van der Waals surface area contributed by atoms with Gasteiger partial charge in [0.15, 0.2) is 0 Å². The fourth-order valence-electron chi connectivity index (χ4n) is 5.31. The molecule has 1 nitrogen and oxygen atoms in total. The zero-order chi connectivity index (χ0) is 18.8. The van der Waals surface area contributed by atoms with Gasteiger partial charge in [-0.15, -0.1) is 0 Å². The predicted molar refractivity (Wildman–Crippen MR) is 111 cm³/mol. The molecule has 2 heteroatoms. The highest BCUT2D eigenvalue weighted by atomic mass is 19.1. The molecule has 0 heterocycles. The van der Waals surface area contributed by atoms with Crippen LogP contribution in [0.4, 0.5) is 4.39 Å². The number of halogens is 1. The van der Waals surface area contributed by atoms with Crippen LogP contribution >= 0.6 is 0 Å². The highest BCUT2D eigenvalue weighted by molar-refractivity contribution is 5.85. The first-order valence-corrected chi connectivity index (χ1v) is 10.6. The summed E-state index contributed by atoms with van der Waals surface area (Å²) in [6.07, 6.45) is 11.9. The van der Waals surface area contributed by atoms with E-state index in [0.29, 0.717) is 18.3 Å². The molecular weight excluding hydrogens is 335 g/mol. The lowest BCUT2D eigenvalue weighted by molar-refractivity contribution is 0.124. The van der Waals surface area contributed by atoms with Gasteiger partial charge in [-0.25, -0.2) is 4.39 Å². The van der Waals surface area contributed by atoms with E-state index < -0.39 is 0 Å². The summed E-state index contributed by atoms with van der Waals surface area (Å²) >= 11 is 0. The Kier molecular flexibility index (Phi) is 5.52. The number of hydrogen-bond acceptors (Lipinski definition) is 1. The second-order valence-corrected chi connectivity index (χ2v) is 8.71. The molecule has 2 aromatic carbocycles. The van der Waals surface area contributed by atoms with Crippen molar-refractivity contribution in [3.05, 3.63) is 53.9 Å². The second-order valence-electron chi connectivity index (χ2n) is 8.71. The molecule has 0 spiro atoms. The topological polar surface area (TPSA) is 9.23 Å². The first-order chi connectivity index (χ1) is 13.1. The van der Waals surface area contributed by atoms with Crippen molar-refractivity contribution in [3.63, 3.8) is 0 Å². The summed E-state index contributed by atoms with van der Waals surface area (Å²) < 4.78 is 20.3. The van der Waals surface area contributed by atoms with Crippen molar-refractivity contribution in [2.45, 2.75) is 58.3 Å². The molecule has 144 valence electrons. The van der Waals surface area contributed by atoms with Crippen molar-refractivity contribution in [2.75, 3.05) is 6.61 Å². The molecule has 4 atom stereocenters. The Morgan fingerprint density at radius 1 is 1.04 bits per heavy atom. The highest BCUT2D eigenvalue weighted by Gasteiger charge is 2.34. The lowest BCUT2D eigenvalue weighted by Gasteiger charge is -2.41. The van der Waals surface area contributed by atoms with Crippen molar-refractivity contribution in [2.24, 2.45) is 17.8 Å². The predicted octanol–water partition coefficient (Wildman–Crippen LogP) is 7.25. The zero-order valence-corrected chi connectivity index (χ0v) is 16.6. The molecule has 0 amide bonds. The van der Waals surface area contributed by atoms with E-state index in [1.165, 1.54) is 50.2 Å². The van der Waals surface area contributed by atoms with Gasteiger partial charge in [-0.3, -0.25) is 0 Å². The Labute approximate surface area is 162 Å². The average Bonchev–Trinajstić information content (AvgIpc) is 2.67. The second kappa shape index (κ2) is 8.04. The monoisotopic (exact) mass is 366 g/mol. The minimum atomic E-state index is -0.176. The van der Waals surface area contributed by atoms with Crippen LogP contribution in [0.5, 0.6) is 5.75 Å². The summed E-state index contributed by atoms with van der Waals surface area (Å²) in [6, 6.07) is 9.86. The first kappa shape index (κ1) is 18.5. The van der Waals surface area contributed by atoms with E-state index >= 15 is 0 Å². The molecule has 2 aromatic rings. The lowest BCUT2D eigenvalue weighted by atomic mass is 9.64. The zero-order valence-electron chi connectivity index (χ0n) is 16.6. The normalized spacial score (nSPS) is 28.4. The van der Waals surface area contributed by atoms with Gasteiger partial charge in [-0.05, 0) is 85.8 Å². The average molecular weight is 367 g/mol. The molecule has 2 saturated carbocycles. The Morgan fingerprint density at radius 3 is 2.70 bits per heavy atom. The lowest BCUT2D eigenvalue weighted by Crippen LogP contribution is -2.29. The Bertz CT molecular complexity index is 824. The van der Waals surface area contributed by atoms with Crippen LogP contribution in [0.2, 0.25) is 0 Å². The smallest absolute Gasteiger partial charge is 0.134 e. The van der Waals surface area contributed by atoms with E-state index in [1.54, 1.807) is 0 Å². The van der Waals surface area contributed by atoms with E-state index in [4.69, 9.17) is 4.74 Å². The summed E-state index contributed by atoms with van der Waals surface area (Å²) in [4.78, 5) is 0. The molecule has 0 aliphatic heterocycles. The SMILES string of the molecule is CC=CCOc1cc(F)c2cc(C3CCC4CC(C)CCC4C3)ccc2c1. The molecule has 0 saturated heterocycles. The Balaban J connectivity index is 1.53. The van der Waals surface area contributed by atoms with Gasteiger partial charge in [-0.1, -0.05) is 37.6 Å². The maximum absolute atomic E-state index is 14.7. The van der Waals surface area contributed by atoms with Crippen LogP contribution in [0.15, 0.2) is 42.5 Å². The van der Waals surface area contributed by atoms with Crippen molar-refractivity contribution in [1.82, 2.24) is 0 Å². The van der Waals surface area contributed by atoms with E-state index in [2.05, 4.69) is 25.1 Å². The molecule has 27 heavy (non-hydrogen) atoms.